The molecule has 46 heavy (non-hydrogen) atoms. The first-order valence-electron chi connectivity index (χ1n) is 18.9. The number of fused-ring (bicyclic) bond motifs is 1. The van der Waals surface area contributed by atoms with Gasteiger partial charge < -0.3 is 10.2 Å². The van der Waals surface area contributed by atoms with E-state index in [0.717, 1.165) is 51.0 Å². The summed E-state index contributed by atoms with van der Waals surface area (Å²) in [6.07, 6.45) is 25.5. The normalized spacial score (nSPS) is 11.5. The number of nitrogens with one attached hydrogen (secondary N) is 1. The predicted molar refractivity (Wildman–Crippen MR) is 196 cm³/mol. The van der Waals surface area contributed by atoms with E-state index >= 15 is 0 Å². The number of benzene rings is 2. The average Bonchev–Trinajstić information content (AvgIpc) is 3.06. The largest absolute Gasteiger partial charge is 0.462 e. The van der Waals surface area contributed by atoms with Crippen LogP contribution >= 0.6 is 0 Å². The summed E-state index contributed by atoms with van der Waals surface area (Å²) in [5.41, 5.74) is 5.03. The molecule has 0 saturated carbocycles. The Morgan fingerprint density at radius 2 is 1.33 bits per heavy atom. The summed E-state index contributed by atoms with van der Waals surface area (Å²) >= 11 is 0. The average molecular weight is 633 g/mol. The molecule has 1 heterocycles. The third-order valence-corrected chi connectivity index (χ3v) is 9.05. The Balaban J connectivity index is 1.41. The zero-order valence-corrected chi connectivity index (χ0v) is 29.5. The number of aromatic nitrogens is 3. The molecule has 1 aromatic heterocycles. The summed E-state index contributed by atoms with van der Waals surface area (Å²) < 4.78 is 7.56. The second kappa shape index (κ2) is 23.4. The van der Waals surface area contributed by atoms with Gasteiger partial charge in [-0.1, -0.05) is 171 Å². The van der Waals surface area contributed by atoms with Crippen molar-refractivity contribution < 1.29 is 4.74 Å². The maximum Gasteiger partial charge on any atom is 0.338 e. The minimum absolute atomic E-state index is 0.114. The lowest BCUT2D eigenvalue weighted by Crippen LogP contribution is -2.35. The molecule has 1 N–H and O–H groups in total. The number of aryl methyl sites for hydroxylation is 2. The summed E-state index contributed by atoms with van der Waals surface area (Å²) in [4.78, 5) is 13.5. The van der Waals surface area contributed by atoms with Crippen molar-refractivity contribution in [3.63, 3.8) is 0 Å². The molecule has 0 aliphatic rings. The zero-order valence-electron chi connectivity index (χ0n) is 29.5. The number of hydrogen-bond donors (Lipinski definition) is 1. The molecule has 0 fully saturated rings. The molecule has 0 bridgehead atoms. The minimum Gasteiger partial charge on any atom is -0.462 e. The van der Waals surface area contributed by atoms with Gasteiger partial charge >= 0.3 is 6.01 Å². The second-order valence-electron chi connectivity index (χ2n) is 13.7. The van der Waals surface area contributed by atoms with E-state index in [0.29, 0.717) is 18.7 Å². The van der Waals surface area contributed by atoms with Gasteiger partial charge in [-0.3, -0.25) is 4.79 Å². The van der Waals surface area contributed by atoms with E-state index < -0.39 is 0 Å². The Bertz CT molecular complexity index is 1270. The van der Waals surface area contributed by atoms with Gasteiger partial charge in [0.2, 0.25) is 0 Å². The fourth-order valence-electron chi connectivity index (χ4n) is 6.16. The van der Waals surface area contributed by atoms with Crippen molar-refractivity contribution >= 4 is 10.8 Å². The van der Waals surface area contributed by atoms with E-state index in [-0.39, 0.29) is 11.6 Å². The summed E-state index contributed by atoms with van der Waals surface area (Å²) in [6, 6.07) is 15.3. The Kier molecular flexibility index (Phi) is 19.1. The third-order valence-electron chi connectivity index (χ3n) is 9.05. The van der Waals surface area contributed by atoms with Gasteiger partial charge in [-0.15, -0.1) is 5.10 Å². The number of unbranched alkanes of at least 4 members (excludes halogenated alkanes) is 15. The topological polar surface area (TPSA) is 69.0 Å². The van der Waals surface area contributed by atoms with Crippen LogP contribution in [0.3, 0.4) is 0 Å². The molecule has 0 aliphatic carbocycles. The van der Waals surface area contributed by atoms with E-state index in [1.807, 2.05) is 0 Å². The van der Waals surface area contributed by atoms with Crippen molar-refractivity contribution in [3.8, 4) is 6.01 Å². The van der Waals surface area contributed by atoms with Crippen LogP contribution in [0.25, 0.3) is 10.8 Å². The second-order valence-corrected chi connectivity index (χ2v) is 13.7. The number of rotatable bonds is 27. The highest BCUT2D eigenvalue weighted by molar-refractivity contribution is 5.82. The van der Waals surface area contributed by atoms with Crippen LogP contribution < -0.4 is 15.7 Å². The molecule has 256 valence electrons. The lowest BCUT2D eigenvalue weighted by atomic mass is 10.0. The van der Waals surface area contributed by atoms with Crippen molar-refractivity contribution in [1.29, 1.82) is 0 Å². The van der Waals surface area contributed by atoms with Crippen molar-refractivity contribution in [2.24, 2.45) is 5.92 Å². The molecular weight excluding hydrogens is 568 g/mol. The molecular formula is C40H64N4O2. The highest BCUT2D eigenvalue weighted by atomic mass is 16.5. The van der Waals surface area contributed by atoms with Crippen LogP contribution in [0, 0.1) is 5.92 Å². The molecule has 0 spiro atoms. The molecule has 0 unspecified atom stereocenters. The van der Waals surface area contributed by atoms with Crippen LogP contribution in [0.5, 0.6) is 6.01 Å². The van der Waals surface area contributed by atoms with Crippen LogP contribution in [0.15, 0.2) is 47.3 Å². The van der Waals surface area contributed by atoms with Gasteiger partial charge in [-0.2, -0.15) is 4.68 Å². The molecule has 0 aliphatic heterocycles. The van der Waals surface area contributed by atoms with Gasteiger partial charge in [0.05, 0.1) is 6.61 Å². The summed E-state index contributed by atoms with van der Waals surface area (Å²) in [5, 5.41) is 11.2. The summed E-state index contributed by atoms with van der Waals surface area (Å²) in [7, 11) is 0. The molecule has 0 saturated heterocycles. The van der Waals surface area contributed by atoms with Crippen LogP contribution in [0.2, 0.25) is 0 Å². The van der Waals surface area contributed by atoms with E-state index in [1.165, 1.54) is 111 Å². The Labute approximate surface area is 280 Å². The van der Waals surface area contributed by atoms with Gasteiger partial charge in [-0.05, 0) is 54.4 Å². The molecule has 2 aromatic carbocycles. The fraction of sp³-hybridized carbons (Fsp3) is 0.675. The van der Waals surface area contributed by atoms with Gasteiger partial charge in [0.25, 0.3) is 5.56 Å². The van der Waals surface area contributed by atoms with Gasteiger partial charge in [0.1, 0.15) is 5.69 Å². The van der Waals surface area contributed by atoms with Crippen LogP contribution in [-0.4, -0.2) is 28.0 Å². The molecule has 6 heteroatoms. The maximum absolute atomic E-state index is 13.5. The van der Waals surface area contributed by atoms with Crippen molar-refractivity contribution in [2.45, 2.75) is 156 Å². The van der Waals surface area contributed by atoms with Crippen LogP contribution in [-0.2, 0) is 12.8 Å². The number of nitrogens with zero attached hydrogens (tertiary/aromatic N) is 3. The molecule has 0 radical (unpaired) electrons. The Morgan fingerprint density at radius 1 is 0.696 bits per heavy atom. The summed E-state index contributed by atoms with van der Waals surface area (Å²) in [5.74, 6) is 0.729. The lowest BCUT2D eigenvalue weighted by Gasteiger charge is -2.15. The zero-order chi connectivity index (χ0) is 32.7. The minimum atomic E-state index is -0.114. The quantitative estimate of drug-likeness (QED) is 0.0847. The van der Waals surface area contributed by atoms with Crippen molar-refractivity contribution in [3.05, 3.63) is 64.1 Å². The molecule has 6 nitrogen and oxygen atoms in total. The van der Waals surface area contributed by atoms with Crippen molar-refractivity contribution in [1.82, 2.24) is 14.9 Å². The van der Waals surface area contributed by atoms with E-state index in [2.05, 4.69) is 78.9 Å². The molecule has 0 amide bonds. The standard InChI is InChI=1S/C40H64N4O2/c1-4-5-6-7-8-9-10-11-12-13-14-15-16-19-28-38-39(45)44(41-31-22-17-18-24-34(2)3)40(43-42-38)46-32-23-25-35-29-30-36-26-20-21-27-37(36)33-35/h20-21,26-27,29-30,33-34,41H,4-19,22-25,28,31-32H2,1-3H3. The Hall–Kier alpha value is -2.89. The SMILES string of the molecule is CCCCCCCCCCCCCCCCc1nnc(OCCCc2ccc3ccccc3c2)n(NCCCCCC(C)C)c1=O. The van der Waals surface area contributed by atoms with Crippen LogP contribution in [0.4, 0.5) is 0 Å². The Morgan fingerprint density at radius 3 is 2.00 bits per heavy atom. The highest BCUT2D eigenvalue weighted by Crippen LogP contribution is 2.17. The first kappa shape index (κ1) is 37.6. The molecule has 0 atom stereocenters. The van der Waals surface area contributed by atoms with Gasteiger partial charge in [-0.25, -0.2) is 0 Å². The number of ether oxygens (including phenoxy) is 1. The summed E-state index contributed by atoms with van der Waals surface area (Å²) in [6.45, 7) is 8.01. The molecule has 3 aromatic rings. The fourth-order valence-corrected chi connectivity index (χ4v) is 6.16. The monoisotopic (exact) mass is 633 g/mol. The van der Waals surface area contributed by atoms with E-state index in [4.69, 9.17) is 4.74 Å². The van der Waals surface area contributed by atoms with Gasteiger partial charge in [0.15, 0.2) is 0 Å². The maximum atomic E-state index is 13.5. The van der Waals surface area contributed by atoms with Gasteiger partial charge in [0, 0.05) is 6.54 Å². The number of hydrogen-bond acceptors (Lipinski definition) is 5. The van der Waals surface area contributed by atoms with E-state index in [1.54, 1.807) is 0 Å². The highest BCUT2D eigenvalue weighted by Gasteiger charge is 2.13. The smallest absolute Gasteiger partial charge is 0.338 e. The molecule has 3 rings (SSSR count). The first-order valence-corrected chi connectivity index (χ1v) is 18.9. The predicted octanol–water partition coefficient (Wildman–Crippen LogP) is 10.6. The first-order chi connectivity index (χ1) is 22.6. The van der Waals surface area contributed by atoms with Crippen LogP contribution in [0.1, 0.15) is 154 Å². The van der Waals surface area contributed by atoms with E-state index in [9.17, 15) is 4.79 Å². The lowest BCUT2D eigenvalue weighted by molar-refractivity contribution is 0.267. The third kappa shape index (κ3) is 15.1. The van der Waals surface area contributed by atoms with Crippen molar-refractivity contribution in [2.75, 3.05) is 18.6 Å².